The molecule has 0 bridgehead atoms. The maximum absolute atomic E-state index is 13.8. The highest BCUT2D eigenvalue weighted by atomic mass is 32.1. The maximum Gasteiger partial charge on any atom is 0.257 e. The molecule has 8 nitrogen and oxygen atoms in total. The van der Waals surface area contributed by atoms with Crippen molar-refractivity contribution >= 4 is 22.4 Å². The zero-order chi connectivity index (χ0) is 24.2. The highest BCUT2D eigenvalue weighted by Crippen LogP contribution is 2.34. The molecule has 0 saturated carbocycles. The van der Waals surface area contributed by atoms with Crippen LogP contribution in [0.2, 0.25) is 0 Å². The van der Waals surface area contributed by atoms with E-state index in [0.29, 0.717) is 35.8 Å². The van der Waals surface area contributed by atoms with E-state index in [2.05, 4.69) is 9.88 Å². The van der Waals surface area contributed by atoms with Gasteiger partial charge in [-0.25, -0.2) is 9.67 Å². The Bertz CT molecular complexity index is 1290. The average molecular weight is 490 g/mol. The molecule has 0 atom stereocenters. The van der Waals surface area contributed by atoms with Gasteiger partial charge in [-0.2, -0.15) is 5.10 Å². The van der Waals surface area contributed by atoms with E-state index in [1.165, 1.54) is 0 Å². The summed E-state index contributed by atoms with van der Waals surface area (Å²) in [6, 6.07) is 15.4. The van der Waals surface area contributed by atoms with Gasteiger partial charge in [0.05, 0.1) is 25.5 Å². The molecule has 1 fully saturated rings. The summed E-state index contributed by atoms with van der Waals surface area (Å²) in [6.45, 7) is 2.93. The van der Waals surface area contributed by atoms with Crippen LogP contribution in [0.1, 0.15) is 16.8 Å². The number of carbonyl (C=O) groups is 1. The number of benzene rings is 2. The molecule has 4 aromatic rings. The summed E-state index contributed by atoms with van der Waals surface area (Å²) in [5.74, 6) is 1.19. The lowest BCUT2D eigenvalue weighted by molar-refractivity contribution is 0.0767. The van der Waals surface area contributed by atoms with Crippen LogP contribution < -0.4 is 14.4 Å². The smallest absolute Gasteiger partial charge is 0.257 e. The molecule has 0 radical (unpaired) electrons. The van der Waals surface area contributed by atoms with E-state index in [4.69, 9.17) is 14.6 Å². The number of thiazole rings is 1. The van der Waals surface area contributed by atoms with Gasteiger partial charge < -0.3 is 19.3 Å². The van der Waals surface area contributed by atoms with Gasteiger partial charge in [0, 0.05) is 49.5 Å². The van der Waals surface area contributed by atoms with Crippen molar-refractivity contribution in [3.8, 4) is 28.4 Å². The summed E-state index contributed by atoms with van der Waals surface area (Å²) < 4.78 is 12.7. The summed E-state index contributed by atoms with van der Waals surface area (Å²) in [5, 5.41) is 7.82. The number of amides is 1. The molecule has 0 N–H and O–H groups in total. The third-order valence-electron chi connectivity index (χ3n) is 6.10. The van der Waals surface area contributed by atoms with Crippen LogP contribution in [-0.4, -0.2) is 66.0 Å². The van der Waals surface area contributed by atoms with Gasteiger partial charge in [0.2, 0.25) is 0 Å². The highest BCUT2D eigenvalue weighted by molar-refractivity contribution is 7.13. The second kappa shape index (κ2) is 10.2. The van der Waals surface area contributed by atoms with Gasteiger partial charge >= 0.3 is 0 Å². The Morgan fingerprint density at radius 3 is 2.54 bits per heavy atom. The van der Waals surface area contributed by atoms with Crippen molar-refractivity contribution in [3.05, 3.63) is 71.9 Å². The Morgan fingerprint density at radius 2 is 1.80 bits per heavy atom. The maximum atomic E-state index is 13.8. The van der Waals surface area contributed by atoms with Crippen molar-refractivity contribution < 1.29 is 14.3 Å². The molecule has 0 spiro atoms. The fraction of sp³-hybridized carbons (Fsp3) is 0.269. The van der Waals surface area contributed by atoms with Crippen LogP contribution >= 0.6 is 11.3 Å². The zero-order valence-corrected chi connectivity index (χ0v) is 20.6. The monoisotopic (exact) mass is 489 g/mol. The summed E-state index contributed by atoms with van der Waals surface area (Å²) >= 11 is 1.63. The standard InChI is InChI=1S/C26H27N5O3S/c1-33-22-10-9-19(17-23(22)34-2)24-21(18-31(28-24)20-7-4-3-5-8-20)25(32)29-12-6-13-30(15-14-29)26-27-11-16-35-26/h3-5,7-11,16-18H,6,12-15H2,1-2H3. The number of hydrogen-bond donors (Lipinski definition) is 0. The summed E-state index contributed by atoms with van der Waals surface area (Å²) in [6.07, 6.45) is 4.53. The molecule has 1 aliphatic heterocycles. The van der Waals surface area contributed by atoms with Gasteiger partial charge in [-0.1, -0.05) is 18.2 Å². The molecule has 180 valence electrons. The van der Waals surface area contributed by atoms with E-state index >= 15 is 0 Å². The number of hydrogen-bond acceptors (Lipinski definition) is 7. The number of rotatable bonds is 6. The van der Waals surface area contributed by atoms with Crippen molar-refractivity contribution in [1.82, 2.24) is 19.7 Å². The Kier molecular flexibility index (Phi) is 6.67. The molecule has 3 heterocycles. The number of aromatic nitrogens is 3. The van der Waals surface area contributed by atoms with E-state index in [1.807, 2.05) is 71.2 Å². The van der Waals surface area contributed by atoms with Crippen molar-refractivity contribution in [2.75, 3.05) is 45.3 Å². The zero-order valence-electron chi connectivity index (χ0n) is 19.8. The molecule has 35 heavy (non-hydrogen) atoms. The van der Waals surface area contributed by atoms with Crippen molar-refractivity contribution in [3.63, 3.8) is 0 Å². The molecule has 0 unspecified atom stereocenters. The lowest BCUT2D eigenvalue weighted by Crippen LogP contribution is -2.35. The quantitative estimate of drug-likeness (QED) is 0.401. The SMILES string of the molecule is COc1ccc(-c2nn(-c3ccccc3)cc2C(=O)N2CCCN(c3nccs3)CC2)cc1OC. The Balaban J connectivity index is 1.50. The first-order valence-electron chi connectivity index (χ1n) is 11.5. The molecule has 9 heteroatoms. The third kappa shape index (κ3) is 4.72. The molecular weight excluding hydrogens is 462 g/mol. The summed E-state index contributed by atoms with van der Waals surface area (Å²) in [4.78, 5) is 22.5. The van der Waals surface area contributed by atoms with Crippen LogP contribution in [0.25, 0.3) is 16.9 Å². The lowest BCUT2D eigenvalue weighted by Gasteiger charge is -2.21. The minimum atomic E-state index is -0.0297. The highest BCUT2D eigenvalue weighted by Gasteiger charge is 2.26. The normalized spacial score (nSPS) is 14.0. The van der Waals surface area contributed by atoms with Crippen LogP contribution in [0.3, 0.4) is 0 Å². The minimum absolute atomic E-state index is 0.0297. The van der Waals surface area contributed by atoms with Gasteiger partial charge in [0.1, 0.15) is 5.69 Å². The molecule has 5 rings (SSSR count). The van der Waals surface area contributed by atoms with Gasteiger partial charge in [0.15, 0.2) is 16.6 Å². The van der Waals surface area contributed by atoms with E-state index in [-0.39, 0.29) is 5.91 Å². The number of nitrogens with zero attached hydrogens (tertiary/aromatic N) is 5. The van der Waals surface area contributed by atoms with E-state index < -0.39 is 0 Å². The molecule has 1 aliphatic rings. The fourth-order valence-corrected chi connectivity index (χ4v) is 4.99. The van der Waals surface area contributed by atoms with Crippen LogP contribution in [0.4, 0.5) is 5.13 Å². The minimum Gasteiger partial charge on any atom is -0.493 e. The van der Waals surface area contributed by atoms with Crippen molar-refractivity contribution in [1.29, 1.82) is 0 Å². The molecule has 0 aliphatic carbocycles. The van der Waals surface area contributed by atoms with Crippen molar-refractivity contribution in [2.45, 2.75) is 6.42 Å². The summed E-state index contributed by atoms with van der Waals surface area (Å²) in [7, 11) is 3.20. The molecule has 2 aromatic heterocycles. The fourth-order valence-electron chi connectivity index (χ4n) is 4.29. The first-order valence-corrected chi connectivity index (χ1v) is 12.4. The predicted molar refractivity (Wildman–Crippen MR) is 137 cm³/mol. The van der Waals surface area contributed by atoms with Crippen LogP contribution in [0.5, 0.6) is 11.5 Å². The third-order valence-corrected chi connectivity index (χ3v) is 6.93. The molecule has 1 saturated heterocycles. The van der Waals surface area contributed by atoms with Crippen LogP contribution in [0, 0.1) is 0 Å². The molecule has 1 amide bonds. The van der Waals surface area contributed by atoms with E-state index in [0.717, 1.165) is 35.9 Å². The second-order valence-electron chi connectivity index (χ2n) is 8.19. The van der Waals surface area contributed by atoms with Gasteiger partial charge in [-0.15, -0.1) is 11.3 Å². The topological polar surface area (TPSA) is 72.7 Å². The van der Waals surface area contributed by atoms with Gasteiger partial charge in [-0.3, -0.25) is 4.79 Å². The largest absolute Gasteiger partial charge is 0.493 e. The lowest BCUT2D eigenvalue weighted by atomic mass is 10.1. The van der Waals surface area contributed by atoms with Crippen LogP contribution in [-0.2, 0) is 0 Å². The average Bonchev–Trinajstić information content (AvgIpc) is 3.54. The van der Waals surface area contributed by atoms with Crippen LogP contribution in [0.15, 0.2) is 66.3 Å². The first kappa shape index (κ1) is 22.9. The predicted octanol–water partition coefficient (Wildman–Crippen LogP) is 4.37. The first-order chi connectivity index (χ1) is 17.2. The number of anilines is 1. The van der Waals surface area contributed by atoms with Crippen molar-refractivity contribution in [2.24, 2.45) is 0 Å². The molecule has 2 aromatic carbocycles. The molecular formula is C26H27N5O3S. The second-order valence-corrected chi connectivity index (χ2v) is 9.06. The van der Waals surface area contributed by atoms with Gasteiger partial charge in [-0.05, 0) is 36.8 Å². The number of ether oxygens (including phenoxy) is 2. The van der Waals surface area contributed by atoms with Gasteiger partial charge in [0.25, 0.3) is 5.91 Å². The number of para-hydroxylation sites is 1. The Hall–Kier alpha value is -3.85. The number of carbonyl (C=O) groups excluding carboxylic acids is 1. The van der Waals surface area contributed by atoms with E-state index in [9.17, 15) is 4.79 Å². The number of methoxy groups -OCH3 is 2. The Morgan fingerprint density at radius 1 is 0.971 bits per heavy atom. The van der Waals surface area contributed by atoms with E-state index in [1.54, 1.807) is 30.2 Å². The summed E-state index contributed by atoms with van der Waals surface area (Å²) in [5.41, 5.74) is 2.85. The Labute approximate surface area is 208 Å².